The molecule has 0 spiro atoms. The minimum Gasteiger partial charge on any atom is -0.488 e. The zero-order valence-electron chi connectivity index (χ0n) is 36.8. The summed E-state index contributed by atoms with van der Waals surface area (Å²) in [7, 11) is 2.48. The molecule has 2 unspecified atom stereocenters. The summed E-state index contributed by atoms with van der Waals surface area (Å²) in [6.45, 7) is 1.37. The van der Waals surface area contributed by atoms with Gasteiger partial charge in [-0.3, -0.25) is 9.59 Å². The highest BCUT2D eigenvalue weighted by molar-refractivity contribution is 6.07. The zero-order chi connectivity index (χ0) is 46.2. The summed E-state index contributed by atoms with van der Waals surface area (Å²) >= 11 is 0. The molecular formula is C48H50F2N8O8. The van der Waals surface area contributed by atoms with Crippen LogP contribution < -0.4 is 15.4 Å². The monoisotopic (exact) mass is 904 g/mol. The number of aromatic amines is 2. The van der Waals surface area contributed by atoms with E-state index in [1.807, 2.05) is 42.5 Å². The molecule has 4 aromatic carbocycles. The van der Waals surface area contributed by atoms with Crippen molar-refractivity contribution in [1.29, 1.82) is 0 Å². The number of fused-ring (bicyclic) bond motifs is 6. The van der Waals surface area contributed by atoms with E-state index in [0.29, 0.717) is 54.5 Å². The second kappa shape index (κ2) is 18.4. The van der Waals surface area contributed by atoms with Crippen molar-refractivity contribution >= 4 is 45.8 Å². The molecule has 16 nitrogen and oxygen atoms in total. The Morgan fingerprint density at radius 1 is 0.879 bits per heavy atom. The Hall–Kier alpha value is -7.08. The SMILES string of the molecule is COC(=O)NC(C(=O)N1CCCC1c1ncc(-c2ccc3c(c2)COc2cc4c(ccc5nc([C@@H]6C[C@H](COC(F)F)CN6C(=O)[C@@H](NC(=O)OC)C(C)C)[nH]c54)cc2-3)[nH]1)c1ccccc1. The molecule has 66 heavy (non-hydrogen) atoms. The fourth-order valence-corrected chi connectivity index (χ4v) is 9.51. The van der Waals surface area contributed by atoms with Crippen molar-refractivity contribution in [2.75, 3.05) is 33.9 Å². The molecule has 2 aromatic heterocycles. The minimum absolute atomic E-state index is 0.136. The smallest absolute Gasteiger partial charge is 0.407 e. The number of nitrogens with one attached hydrogen (secondary N) is 4. The molecule has 18 heteroatoms. The summed E-state index contributed by atoms with van der Waals surface area (Å²) in [5.41, 5.74) is 6.65. The molecule has 9 rings (SSSR count). The largest absolute Gasteiger partial charge is 0.488 e. The van der Waals surface area contributed by atoms with Crippen LogP contribution in [0.25, 0.3) is 44.2 Å². The lowest BCUT2D eigenvalue weighted by Crippen LogP contribution is -2.51. The number of likely N-dealkylation sites (tertiary alicyclic amines) is 2. The van der Waals surface area contributed by atoms with E-state index in [0.717, 1.165) is 50.7 Å². The number of halogens is 2. The van der Waals surface area contributed by atoms with E-state index in [4.69, 9.17) is 24.2 Å². The van der Waals surface area contributed by atoms with Gasteiger partial charge in [0.15, 0.2) is 0 Å². The fourth-order valence-electron chi connectivity index (χ4n) is 9.51. The molecule has 0 radical (unpaired) electrons. The number of H-pyrrole nitrogens is 2. The minimum atomic E-state index is -2.95. The Morgan fingerprint density at radius 3 is 2.42 bits per heavy atom. The van der Waals surface area contributed by atoms with Gasteiger partial charge >= 0.3 is 18.8 Å². The first kappa shape index (κ1) is 44.1. The molecule has 3 aliphatic heterocycles. The van der Waals surface area contributed by atoms with E-state index < -0.39 is 42.8 Å². The number of imidazole rings is 2. The van der Waals surface area contributed by atoms with Gasteiger partial charge in [0.25, 0.3) is 5.91 Å². The third-order valence-corrected chi connectivity index (χ3v) is 12.8. The molecule has 2 saturated heterocycles. The number of alkyl halides is 2. The van der Waals surface area contributed by atoms with E-state index in [9.17, 15) is 28.0 Å². The Morgan fingerprint density at radius 2 is 1.67 bits per heavy atom. The van der Waals surface area contributed by atoms with E-state index >= 15 is 0 Å². The average Bonchev–Trinajstić information content (AvgIpc) is 4.17. The van der Waals surface area contributed by atoms with Crippen LogP contribution in [0.15, 0.2) is 79.0 Å². The van der Waals surface area contributed by atoms with Gasteiger partial charge in [-0.25, -0.2) is 19.6 Å². The summed E-state index contributed by atoms with van der Waals surface area (Å²) in [5.74, 6) is 0.521. The Kier molecular flexibility index (Phi) is 12.3. The highest BCUT2D eigenvalue weighted by Gasteiger charge is 2.42. The molecule has 5 heterocycles. The lowest BCUT2D eigenvalue weighted by atomic mass is 9.92. The van der Waals surface area contributed by atoms with Crippen LogP contribution in [0.1, 0.15) is 74.0 Å². The van der Waals surface area contributed by atoms with Crippen LogP contribution >= 0.6 is 0 Å². The molecule has 6 aromatic rings. The quantitative estimate of drug-likeness (QED) is 0.0937. The Balaban J connectivity index is 0.967. The molecule has 5 atom stereocenters. The van der Waals surface area contributed by atoms with Gasteiger partial charge in [0, 0.05) is 30.0 Å². The number of methoxy groups -OCH3 is 2. The van der Waals surface area contributed by atoms with Gasteiger partial charge in [0.1, 0.15) is 36.1 Å². The average molecular weight is 905 g/mol. The maximum absolute atomic E-state index is 14.1. The second-order valence-corrected chi connectivity index (χ2v) is 17.2. The summed E-state index contributed by atoms with van der Waals surface area (Å²) in [6, 6.07) is 20.5. The molecule has 3 aliphatic rings. The van der Waals surface area contributed by atoms with Crippen molar-refractivity contribution in [2.24, 2.45) is 11.8 Å². The maximum atomic E-state index is 14.1. The van der Waals surface area contributed by atoms with Gasteiger partial charge in [-0.2, -0.15) is 8.78 Å². The van der Waals surface area contributed by atoms with Gasteiger partial charge in [0.05, 0.1) is 55.8 Å². The predicted octanol–water partition coefficient (Wildman–Crippen LogP) is 7.94. The number of hydrogen-bond donors (Lipinski definition) is 4. The number of carbonyl (C=O) groups excluding carboxylic acids is 4. The summed E-state index contributed by atoms with van der Waals surface area (Å²) < 4.78 is 46.9. The fraction of sp³-hybridized carbons (Fsp3) is 0.375. The molecule has 344 valence electrons. The van der Waals surface area contributed by atoms with E-state index in [-0.39, 0.29) is 36.9 Å². The van der Waals surface area contributed by atoms with E-state index in [1.165, 1.54) is 14.2 Å². The molecular weight excluding hydrogens is 855 g/mol. The Bertz CT molecular complexity index is 2800. The van der Waals surface area contributed by atoms with Crippen molar-refractivity contribution in [1.82, 2.24) is 40.4 Å². The maximum Gasteiger partial charge on any atom is 0.407 e. The molecule has 2 fully saturated rings. The van der Waals surface area contributed by atoms with Crippen molar-refractivity contribution in [3.63, 3.8) is 0 Å². The lowest BCUT2D eigenvalue weighted by Gasteiger charge is -2.30. The second-order valence-electron chi connectivity index (χ2n) is 17.2. The highest BCUT2D eigenvalue weighted by atomic mass is 19.3. The van der Waals surface area contributed by atoms with Crippen molar-refractivity contribution in [3.05, 3.63) is 102 Å². The molecule has 0 saturated carbocycles. The lowest BCUT2D eigenvalue weighted by molar-refractivity contribution is -0.139. The molecule has 4 amide bonds. The number of aromatic nitrogens is 4. The number of ether oxygens (including phenoxy) is 4. The zero-order valence-corrected chi connectivity index (χ0v) is 36.8. The molecule has 0 aliphatic carbocycles. The summed E-state index contributed by atoms with van der Waals surface area (Å²) in [4.78, 5) is 72.5. The van der Waals surface area contributed by atoms with Gasteiger partial charge in [0.2, 0.25) is 5.91 Å². The van der Waals surface area contributed by atoms with E-state index in [2.05, 4.69) is 43.5 Å². The molecule has 4 N–H and O–H groups in total. The van der Waals surface area contributed by atoms with Gasteiger partial charge in [-0.05, 0) is 77.1 Å². The molecule has 0 bridgehead atoms. The van der Waals surface area contributed by atoms with Crippen LogP contribution in [0.4, 0.5) is 18.4 Å². The van der Waals surface area contributed by atoms with Crippen LogP contribution in [0, 0.1) is 11.8 Å². The number of alkyl carbamates (subject to hydrolysis) is 2. The predicted molar refractivity (Wildman–Crippen MR) is 238 cm³/mol. The summed E-state index contributed by atoms with van der Waals surface area (Å²) in [5, 5.41) is 7.11. The number of carbonyl (C=O) groups is 4. The van der Waals surface area contributed by atoms with Crippen LogP contribution in [-0.2, 0) is 30.4 Å². The van der Waals surface area contributed by atoms with Gasteiger partial charge in [-0.1, -0.05) is 62.4 Å². The third-order valence-electron chi connectivity index (χ3n) is 12.8. The normalized spacial score (nSPS) is 18.8. The van der Waals surface area contributed by atoms with E-state index in [1.54, 1.807) is 42.0 Å². The number of hydrogen-bond acceptors (Lipinski definition) is 10. The first-order valence-corrected chi connectivity index (χ1v) is 21.9. The van der Waals surface area contributed by atoms with Gasteiger partial charge in [-0.15, -0.1) is 0 Å². The first-order chi connectivity index (χ1) is 31.9. The number of amides is 4. The topological polar surface area (TPSA) is 193 Å². The highest BCUT2D eigenvalue weighted by Crippen LogP contribution is 2.44. The van der Waals surface area contributed by atoms with Crippen molar-refractivity contribution < 1.29 is 46.9 Å². The number of rotatable bonds is 12. The van der Waals surface area contributed by atoms with Gasteiger partial charge < -0.3 is 49.3 Å². The summed E-state index contributed by atoms with van der Waals surface area (Å²) in [6.07, 6.45) is 2.14. The van der Waals surface area contributed by atoms with Crippen molar-refractivity contribution in [3.8, 4) is 28.1 Å². The third kappa shape index (κ3) is 8.59. The van der Waals surface area contributed by atoms with Crippen LogP contribution in [0.3, 0.4) is 0 Å². The van der Waals surface area contributed by atoms with Crippen LogP contribution in [-0.4, -0.2) is 100 Å². The number of benzene rings is 4. The standard InChI is InChI=1S/C48H50F2N8O8/c1-25(2)39(55-47(61)63-3)44(59)58-22-26(23-66-46(49)50)17-37(58)43-52-34-15-13-28-19-33-31-14-12-29(18-30(31)24-65-38(33)20-32(28)41(34)54-43)35-21-51-42(53-35)36-11-8-16-57(36)45(60)40(56-48(62)64-4)27-9-6-5-7-10-27/h5-7,9-10,12-15,18-21,25-26,36-37,39-40,46H,8,11,16-17,22-24H2,1-4H3,(H,51,53)(H,52,54)(H,55,61)(H,56,62)/t26-,36?,37-,39-,40?/m0/s1. The van der Waals surface area contributed by atoms with Crippen LogP contribution in [0.5, 0.6) is 5.75 Å². The first-order valence-electron chi connectivity index (χ1n) is 21.9. The number of nitrogens with zero attached hydrogens (tertiary/aromatic N) is 4. The van der Waals surface area contributed by atoms with Crippen molar-refractivity contribution in [2.45, 2.75) is 70.5 Å². The Labute approximate surface area is 378 Å². The van der Waals surface area contributed by atoms with Crippen LogP contribution in [0.2, 0.25) is 0 Å².